The molecule has 0 aliphatic carbocycles. The Kier molecular flexibility index (Phi) is 6.00. The van der Waals surface area contributed by atoms with Crippen molar-refractivity contribution >= 4 is 28.3 Å². The van der Waals surface area contributed by atoms with Gasteiger partial charge < -0.3 is 10.1 Å². The first-order valence-corrected chi connectivity index (χ1v) is 9.49. The summed E-state index contributed by atoms with van der Waals surface area (Å²) in [5.41, 5.74) is 2.95. The average molecular weight is 396 g/mol. The molecule has 0 aliphatic rings. The summed E-state index contributed by atoms with van der Waals surface area (Å²) in [5, 5.41) is 7.97. The number of nitrogens with zero attached hydrogens (tertiary/aromatic N) is 2. The fourth-order valence-corrected chi connectivity index (χ4v) is 3.33. The largest absolute Gasteiger partial charge is 0.481 e. The number of rotatable bonds is 6. The van der Waals surface area contributed by atoms with Crippen LogP contribution in [0.15, 0.2) is 47.8 Å². The fraction of sp³-hybridized carbons (Fsp3) is 0.200. The van der Waals surface area contributed by atoms with E-state index in [0.717, 1.165) is 16.8 Å². The highest BCUT2D eigenvalue weighted by molar-refractivity contribution is 7.14. The molecular formula is C20H20N4O3S. The highest BCUT2D eigenvalue weighted by atomic mass is 32.1. The van der Waals surface area contributed by atoms with Crippen molar-refractivity contribution in [2.24, 2.45) is 0 Å². The van der Waals surface area contributed by atoms with Crippen LogP contribution in [0.3, 0.4) is 0 Å². The predicted octanol–water partition coefficient (Wildman–Crippen LogP) is 3.66. The molecule has 1 aromatic carbocycles. The molecule has 3 rings (SSSR count). The number of hydrogen-bond donors (Lipinski definition) is 2. The minimum Gasteiger partial charge on any atom is -0.481 e. The van der Waals surface area contributed by atoms with E-state index < -0.39 is 0 Å². The predicted molar refractivity (Wildman–Crippen MR) is 109 cm³/mol. The van der Waals surface area contributed by atoms with Crippen molar-refractivity contribution in [3.63, 3.8) is 0 Å². The van der Waals surface area contributed by atoms with E-state index >= 15 is 0 Å². The van der Waals surface area contributed by atoms with Crippen molar-refractivity contribution in [2.75, 3.05) is 12.4 Å². The van der Waals surface area contributed by atoms with Gasteiger partial charge >= 0.3 is 0 Å². The Labute approximate surface area is 166 Å². The van der Waals surface area contributed by atoms with Crippen molar-refractivity contribution in [1.29, 1.82) is 0 Å². The Bertz CT molecular complexity index is 985. The van der Waals surface area contributed by atoms with Crippen LogP contribution in [0, 0.1) is 0 Å². The van der Waals surface area contributed by atoms with Gasteiger partial charge in [-0.1, -0.05) is 30.3 Å². The van der Waals surface area contributed by atoms with Gasteiger partial charge in [0.15, 0.2) is 5.13 Å². The molecule has 0 saturated carbocycles. The molecule has 1 unspecified atom stereocenters. The molecule has 2 aromatic heterocycles. The maximum absolute atomic E-state index is 12.3. The van der Waals surface area contributed by atoms with Crippen LogP contribution in [0.5, 0.6) is 5.88 Å². The third-order valence-electron chi connectivity index (χ3n) is 4.02. The molecule has 2 N–H and O–H groups in total. The molecule has 0 aliphatic heterocycles. The van der Waals surface area contributed by atoms with Gasteiger partial charge in [-0.25, -0.2) is 9.97 Å². The molecule has 0 radical (unpaired) electrons. The first-order chi connectivity index (χ1) is 13.5. The van der Waals surface area contributed by atoms with E-state index in [-0.39, 0.29) is 23.6 Å². The van der Waals surface area contributed by atoms with Gasteiger partial charge in [-0.2, -0.15) is 0 Å². The van der Waals surface area contributed by atoms with Crippen LogP contribution in [0.2, 0.25) is 0 Å². The standard InChI is InChI=1S/C20H20N4O3S/c1-12(21-13(2)25)14-7-9-15(10-8-14)17-11-28-20(23-17)24-19(26)16-5-4-6-18(22-16)27-3/h4-12H,1-3H3,(H,21,25)(H,23,24,26). The van der Waals surface area contributed by atoms with E-state index in [4.69, 9.17) is 4.74 Å². The molecule has 1 atom stereocenters. The zero-order chi connectivity index (χ0) is 20.1. The molecule has 0 bridgehead atoms. The SMILES string of the molecule is COc1cccc(C(=O)Nc2nc(-c3ccc(C(C)NC(C)=O)cc3)cs2)n1. The number of amides is 2. The topological polar surface area (TPSA) is 93.2 Å². The summed E-state index contributed by atoms with van der Waals surface area (Å²) in [7, 11) is 1.50. The number of pyridine rings is 1. The summed E-state index contributed by atoms with van der Waals surface area (Å²) < 4.78 is 5.04. The first-order valence-electron chi connectivity index (χ1n) is 8.61. The monoisotopic (exact) mass is 396 g/mol. The van der Waals surface area contributed by atoms with Gasteiger partial charge in [0.1, 0.15) is 5.69 Å². The van der Waals surface area contributed by atoms with Crippen LogP contribution in [-0.4, -0.2) is 28.9 Å². The summed E-state index contributed by atoms with van der Waals surface area (Å²) >= 11 is 1.34. The number of hydrogen-bond acceptors (Lipinski definition) is 6. The summed E-state index contributed by atoms with van der Waals surface area (Å²) in [6.45, 7) is 3.43. The lowest BCUT2D eigenvalue weighted by Crippen LogP contribution is -2.23. The molecule has 0 spiro atoms. The van der Waals surface area contributed by atoms with E-state index in [2.05, 4.69) is 20.6 Å². The van der Waals surface area contributed by atoms with Gasteiger partial charge in [-0.05, 0) is 18.6 Å². The lowest BCUT2D eigenvalue weighted by Gasteiger charge is -2.13. The summed E-state index contributed by atoms with van der Waals surface area (Å²) in [4.78, 5) is 32.1. The smallest absolute Gasteiger partial charge is 0.276 e. The van der Waals surface area contributed by atoms with Gasteiger partial charge in [-0.15, -0.1) is 11.3 Å². The van der Waals surface area contributed by atoms with Gasteiger partial charge in [0, 0.05) is 23.9 Å². The van der Waals surface area contributed by atoms with Crippen molar-refractivity contribution in [3.8, 4) is 17.1 Å². The molecule has 0 fully saturated rings. The average Bonchev–Trinajstić information content (AvgIpc) is 3.16. The zero-order valence-corrected chi connectivity index (χ0v) is 16.5. The Morgan fingerprint density at radius 1 is 1.11 bits per heavy atom. The molecule has 0 saturated heterocycles. The first kappa shape index (κ1) is 19.5. The third kappa shape index (κ3) is 4.72. The van der Waals surface area contributed by atoms with E-state index in [1.807, 2.05) is 36.6 Å². The number of nitrogens with one attached hydrogen (secondary N) is 2. The van der Waals surface area contributed by atoms with Gasteiger partial charge in [0.2, 0.25) is 11.8 Å². The molecule has 3 aromatic rings. The second-order valence-electron chi connectivity index (χ2n) is 6.10. The van der Waals surface area contributed by atoms with Crippen molar-refractivity contribution in [3.05, 3.63) is 59.1 Å². The number of aromatic nitrogens is 2. The summed E-state index contributed by atoms with van der Waals surface area (Å²) in [6.07, 6.45) is 0. The summed E-state index contributed by atoms with van der Waals surface area (Å²) in [5.74, 6) is -0.0395. The van der Waals surface area contributed by atoms with Crippen LogP contribution in [0.1, 0.15) is 35.9 Å². The molecular weight excluding hydrogens is 376 g/mol. The van der Waals surface area contributed by atoms with E-state index in [1.54, 1.807) is 18.2 Å². The lowest BCUT2D eigenvalue weighted by molar-refractivity contribution is -0.119. The number of anilines is 1. The van der Waals surface area contributed by atoms with Gasteiger partial charge in [0.25, 0.3) is 5.91 Å². The maximum Gasteiger partial charge on any atom is 0.276 e. The lowest BCUT2D eigenvalue weighted by atomic mass is 10.1. The second-order valence-corrected chi connectivity index (χ2v) is 6.96. The number of benzene rings is 1. The number of carbonyl (C=O) groups is 2. The summed E-state index contributed by atoms with van der Waals surface area (Å²) in [6, 6.07) is 12.7. The van der Waals surface area contributed by atoms with Crippen molar-refractivity contribution in [1.82, 2.24) is 15.3 Å². The van der Waals surface area contributed by atoms with Crippen LogP contribution in [0.4, 0.5) is 5.13 Å². The van der Waals surface area contributed by atoms with Crippen molar-refractivity contribution in [2.45, 2.75) is 19.9 Å². The highest BCUT2D eigenvalue weighted by Crippen LogP contribution is 2.26. The van der Waals surface area contributed by atoms with Crippen LogP contribution in [-0.2, 0) is 4.79 Å². The van der Waals surface area contributed by atoms with Gasteiger partial charge in [-0.3, -0.25) is 14.9 Å². The van der Waals surface area contributed by atoms with Gasteiger partial charge in [0.05, 0.1) is 18.8 Å². The molecule has 28 heavy (non-hydrogen) atoms. The van der Waals surface area contributed by atoms with Crippen LogP contribution < -0.4 is 15.4 Å². The van der Waals surface area contributed by atoms with E-state index in [1.165, 1.54) is 25.4 Å². The van der Waals surface area contributed by atoms with Crippen LogP contribution in [0.25, 0.3) is 11.3 Å². The van der Waals surface area contributed by atoms with Crippen LogP contribution >= 0.6 is 11.3 Å². The minimum absolute atomic E-state index is 0.0628. The number of ether oxygens (including phenoxy) is 1. The Balaban J connectivity index is 1.69. The Morgan fingerprint density at radius 2 is 1.86 bits per heavy atom. The van der Waals surface area contributed by atoms with E-state index in [0.29, 0.717) is 11.0 Å². The quantitative estimate of drug-likeness (QED) is 0.663. The Morgan fingerprint density at radius 3 is 2.54 bits per heavy atom. The minimum atomic E-state index is -0.348. The number of methoxy groups -OCH3 is 1. The molecule has 144 valence electrons. The third-order valence-corrected chi connectivity index (χ3v) is 4.77. The second kappa shape index (κ2) is 8.62. The Hall–Kier alpha value is -3.26. The molecule has 2 heterocycles. The highest BCUT2D eigenvalue weighted by Gasteiger charge is 2.13. The molecule has 8 heteroatoms. The van der Waals surface area contributed by atoms with E-state index in [9.17, 15) is 9.59 Å². The van der Waals surface area contributed by atoms with Crippen molar-refractivity contribution < 1.29 is 14.3 Å². The molecule has 7 nitrogen and oxygen atoms in total. The zero-order valence-electron chi connectivity index (χ0n) is 15.7. The molecule has 2 amide bonds. The normalized spacial score (nSPS) is 11.5. The number of carbonyl (C=O) groups excluding carboxylic acids is 2. The fourth-order valence-electron chi connectivity index (χ4n) is 2.61. The number of thiazole rings is 1. The maximum atomic E-state index is 12.3.